The van der Waals surface area contributed by atoms with Crippen LogP contribution in [0.5, 0.6) is 23.0 Å². The van der Waals surface area contributed by atoms with Crippen LogP contribution in [0, 0.1) is 6.92 Å². The molecule has 0 unspecified atom stereocenters. The number of carbonyl (C=O) groups is 1. The van der Waals surface area contributed by atoms with E-state index >= 15 is 0 Å². The summed E-state index contributed by atoms with van der Waals surface area (Å²) in [6.45, 7) is 4.43. The van der Waals surface area contributed by atoms with Crippen molar-refractivity contribution in [2.45, 2.75) is 58.8 Å². The van der Waals surface area contributed by atoms with Crippen LogP contribution in [0.2, 0.25) is 0 Å². The molecule has 6 heteroatoms. The van der Waals surface area contributed by atoms with Gasteiger partial charge in [0, 0.05) is 17.7 Å². The topological polar surface area (TPSA) is 88.0 Å². The van der Waals surface area contributed by atoms with Gasteiger partial charge in [-0.05, 0) is 13.3 Å². The summed E-state index contributed by atoms with van der Waals surface area (Å²) in [5.41, 5.74) is 0.750. The van der Waals surface area contributed by atoms with Gasteiger partial charge in [-0.15, -0.1) is 0 Å². The third-order valence-corrected chi connectivity index (χ3v) is 4.33. The Balaban J connectivity index is 2.64. The maximum Gasteiger partial charge on any atom is 0.224 e. The molecule has 0 fully saturated rings. The lowest BCUT2D eigenvalue weighted by Gasteiger charge is -2.17. The van der Waals surface area contributed by atoms with Crippen LogP contribution in [0.25, 0.3) is 0 Å². The molecule has 6 nitrogen and oxygen atoms in total. The van der Waals surface area contributed by atoms with Gasteiger partial charge in [-0.25, -0.2) is 0 Å². The molecule has 1 aromatic rings. The summed E-state index contributed by atoms with van der Waals surface area (Å²) in [6.07, 6.45) is 6.92. The van der Waals surface area contributed by atoms with Crippen LogP contribution < -0.4 is 14.8 Å². The number of unbranched alkanes of at least 4 members (excludes halogenated alkanes) is 5. The maximum absolute atomic E-state index is 12.1. The van der Waals surface area contributed by atoms with Crippen molar-refractivity contribution in [2.75, 3.05) is 20.8 Å². The molecule has 0 bridgehead atoms. The number of amides is 1. The number of phenolic OH excluding ortho intramolecular Hbond substituents is 2. The molecule has 0 atom stereocenters. The molecule has 0 saturated carbocycles. The fourth-order valence-electron chi connectivity index (χ4n) is 2.79. The van der Waals surface area contributed by atoms with E-state index in [2.05, 4.69) is 12.2 Å². The Hall–Kier alpha value is -2.11. The molecule has 3 N–H and O–H groups in total. The number of rotatable bonds is 11. The first-order valence-corrected chi connectivity index (χ1v) is 8.89. The molecule has 0 radical (unpaired) electrons. The van der Waals surface area contributed by atoms with Gasteiger partial charge in [0.15, 0.2) is 11.5 Å². The summed E-state index contributed by atoms with van der Waals surface area (Å²) in [7, 11) is 2.75. The molecular formula is C19H31NO5. The highest BCUT2D eigenvalue weighted by Gasteiger charge is 2.24. The van der Waals surface area contributed by atoms with Crippen molar-refractivity contribution in [3.63, 3.8) is 0 Å². The summed E-state index contributed by atoms with van der Waals surface area (Å²) in [5, 5.41) is 23.4. The molecule has 25 heavy (non-hydrogen) atoms. The lowest BCUT2D eigenvalue weighted by molar-refractivity contribution is -0.120. The van der Waals surface area contributed by atoms with E-state index in [1.165, 1.54) is 39.9 Å². The first-order chi connectivity index (χ1) is 12.0. The van der Waals surface area contributed by atoms with Gasteiger partial charge in [-0.3, -0.25) is 4.79 Å². The Morgan fingerprint density at radius 1 is 0.960 bits per heavy atom. The fraction of sp³-hybridized carbons (Fsp3) is 0.632. The summed E-state index contributed by atoms with van der Waals surface area (Å²) >= 11 is 0. The van der Waals surface area contributed by atoms with Crippen molar-refractivity contribution in [2.24, 2.45) is 0 Å². The standard InChI is InChI=1S/C19H31NO5/c1-5-6-7-8-9-10-11-20-15(21)12-14-13(2)16(22)18(24-3)19(25-4)17(14)23/h22-23H,5-12H2,1-4H3,(H,20,21). The molecule has 1 aromatic carbocycles. The van der Waals surface area contributed by atoms with Gasteiger partial charge in [0.2, 0.25) is 17.4 Å². The number of hydrogen-bond donors (Lipinski definition) is 3. The number of phenols is 2. The van der Waals surface area contributed by atoms with Crippen molar-refractivity contribution < 1.29 is 24.5 Å². The second-order valence-electron chi connectivity index (χ2n) is 6.16. The summed E-state index contributed by atoms with van der Waals surface area (Å²) < 4.78 is 10.2. The number of ether oxygens (including phenoxy) is 2. The van der Waals surface area contributed by atoms with Crippen molar-refractivity contribution in [1.29, 1.82) is 0 Å². The van der Waals surface area contributed by atoms with Gasteiger partial charge >= 0.3 is 0 Å². The minimum absolute atomic E-state index is 0.0264. The third-order valence-electron chi connectivity index (χ3n) is 4.33. The largest absolute Gasteiger partial charge is 0.504 e. The summed E-state index contributed by atoms with van der Waals surface area (Å²) in [5.74, 6) is -0.406. The normalized spacial score (nSPS) is 10.6. The quantitative estimate of drug-likeness (QED) is 0.419. The predicted octanol–water partition coefficient (Wildman–Crippen LogP) is 3.44. The molecule has 0 aliphatic heterocycles. The first kappa shape index (κ1) is 20.9. The maximum atomic E-state index is 12.1. The summed E-state index contributed by atoms with van der Waals surface area (Å²) in [4.78, 5) is 12.1. The van der Waals surface area contributed by atoms with E-state index in [9.17, 15) is 15.0 Å². The molecule has 0 saturated heterocycles. The monoisotopic (exact) mass is 353 g/mol. The average molecular weight is 353 g/mol. The van der Waals surface area contributed by atoms with Gasteiger partial charge < -0.3 is 25.0 Å². The fourth-order valence-corrected chi connectivity index (χ4v) is 2.79. The zero-order chi connectivity index (χ0) is 18.8. The van der Waals surface area contributed by atoms with E-state index in [0.717, 1.165) is 12.8 Å². The van der Waals surface area contributed by atoms with E-state index in [4.69, 9.17) is 9.47 Å². The third kappa shape index (κ3) is 5.73. The Labute approximate surface area is 150 Å². The minimum Gasteiger partial charge on any atom is -0.504 e. The van der Waals surface area contributed by atoms with Crippen molar-refractivity contribution in [1.82, 2.24) is 5.32 Å². The van der Waals surface area contributed by atoms with Crippen molar-refractivity contribution in [3.05, 3.63) is 11.1 Å². The van der Waals surface area contributed by atoms with Gasteiger partial charge in [-0.1, -0.05) is 39.0 Å². The first-order valence-electron chi connectivity index (χ1n) is 8.89. The molecule has 0 aliphatic rings. The smallest absolute Gasteiger partial charge is 0.224 e. The molecule has 142 valence electrons. The molecule has 0 spiro atoms. The van der Waals surface area contributed by atoms with Crippen LogP contribution in [0.1, 0.15) is 56.6 Å². The van der Waals surface area contributed by atoms with E-state index in [-0.39, 0.29) is 35.3 Å². The van der Waals surface area contributed by atoms with E-state index in [1.54, 1.807) is 6.92 Å². The van der Waals surface area contributed by atoms with E-state index in [1.807, 2.05) is 0 Å². The highest BCUT2D eigenvalue weighted by atomic mass is 16.5. The van der Waals surface area contributed by atoms with Crippen LogP contribution in [0.15, 0.2) is 0 Å². The van der Waals surface area contributed by atoms with E-state index in [0.29, 0.717) is 17.7 Å². The zero-order valence-electron chi connectivity index (χ0n) is 15.8. The Bertz CT molecular complexity index is 572. The highest BCUT2D eigenvalue weighted by molar-refractivity contribution is 5.81. The molecule has 0 heterocycles. The van der Waals surface area contributed by atoms with Crippen LogP contribution in [-0.2, 0) is 11.2 Å². The number of aromatic hydroxyl groups is 2. The highest BCUT2D eigenvalue weighted by Crippen LogP contribution is 2.48. The average Bonchev–Trinajstić information content (AvgIpc) is 2.60. The summed E-state index contributed by atoms with van der Waals surface area (Å²) in [6, 6.07) is 0. The zero-order valence-corrected chi connectivity index (χ0v) is 15.8. The van der Waals surface area contributed by atoms with Gasteiger partial charge in [0.25, 0.3) is 0 Å². The molecule has 1 rings (SSSR count). The minimum atomic E-state index is -0.196. The van der Waals surface area contributed by atoms with Crippen LogP contribution in [-0.4, -0.2) is 36.9 Å². The number of methoxy groups -OCH3 is 2. The second-order valence-corrected chi connectivity index (χ2v) is 6.16. The predicted molar refractivity (Wildman–Crippen MR) is 97.7 cm³/mol. The second kappa shape index (κ2) is 10.7. The SMILES string of the molecule is CCCCCCCCNC(=O)Cc1c(C)c(O)c(OC)c(OC)c1O. The molecule has 0 aliphatic carbocycles. The van der Waals surface area contributed by atoms with Crippen LogP contribution in [0.3, 0.4) is 0 Å². The van der Waals surface area contributed by atoms with Gasteiger partial charge in [0.1, 0.15) is 0 Å². The molecular weight excluding hydrogens is 322 g/mol. The van der Waals surface area contributed by atoms with Crippen LogP contribution in [0.4, 0.5) is 0 Å². The lowest BCUT2D eigenvalue weighted by Crippen LogP contribution is -2.26. The Morgan fingerprint density at radius 2 is 1.52 bits per heavy atom. The van der Waals surface area contributed by atoms with Crippen molar-refractivity contribution in [3.8, 4) is 23.0 Å². The van der Waals surface area contributed by atoms with Gasteiger partial charge in [0.05, 0.1) is 20.6 Å². The van der Waals surface area contributed by atoms with Crippen molar-refractivity contribution >= 4 is 5.91 Å². The lowest BCUT2D eigenvalue weighted by atomic mass is 10.0. The Morgan fingerprint density at radius 3 is 2.12 bits per heavy atom. The van der Waals surface area contributed by atoms with Crippen LogP contribution >= 0.6 is 0 Å². The van der Waals surface area contributed by atoms with E-state index < -0.39 is 0 Å². The van der Waals surface area contributed by atoms with Gasteiger partial charge in [-0.2, -0.15) is 0 Å². The molecule has 0 aromatic heterocycles. The number of benzene rings is 1. The molecule has 1 amide bonds. The number of hydrogen-bond acceptors (Lipinski definition) is 5. The number of carbonyl (C=O) groups excluding carboxylic acids is 1. The number of nitrogens with one attached hydrogen (secondary N) is 1. The Kier molecular flexibility index (Phi) is 8.95.